The Balaban J connectivity index is 2.98. The van der Waals surface area contributed by atoms with E-state index in [1.807, 2.05) is 0 Å². The van der Waals surface area contributed by atoms with E-state index in [1.165, 1.54) is 11.9 Å². The van der Waals surface area contributed by atoms with Crippen molar-refractivity contribution in [2.24, 2.45) is 16.3 Å². The highest BCUT2D eigenvalue weighted by molar-refractivity contribution is 6.07. The van der Waals surface area contributed by atoms with Crippen LogP contribution in [0.2, 0.25) is 0 Å². The van der Waals surface area contributed by atoms with Crippen molar-refractivity contribution < 1.29 is 14.8 Å². The van der Waals surface area contributed by atoms with Gasteiger partial charge in [-0.15, -0.1) is 0 Å². The summed E-state index contributed by atoms with van der Waals surface area (Å²) in [5.74, 6) is -0.546. The molecule has 1 fully saturated rings. The maximum atomic E-state index is 12.7. The standard InChI is InChI=1S/C13H24N4O3/c1-15-10(18)9-17(2)12(19)13(11(14)16-20)7-5-3-4-6-8-13/h20H,3-9H2,1-2H3,(H2,14,16)(H,15,18). The van der Waals surface area contributed by atoms with Crippen molar-refractivity contribution in [1.82, 2.24) is 10.2 Å². The molecular weight excluding hydrogens is 260 g/mol. The van der Waals surface area contributed by atoms with Gasteiger partial charge < -0.3 is 21.2 Å². The minimum Gasteiger partial charge on any atom is -0.409 e. The van der Waals surface area contributed by atoms with Crippen LogP contribution in [0.1, 0.15) is 38.5 Å². The van der Waals surface area contributed by atoms with Crippen LogP contribution in [0, 0.1) is 5.41 Å². The number of nitrogens with zero attached hydrogens (tertiary/aromatic N) is 2. The highest BCUT2D eigenvalue weighted by Gasteiger charge is 2.44. The third kappa shape index (κ3) is 3.40. The van der Waals surface area contributed by atoms with Crippen molar-refractivity contribution in [1.29, 1.82) is 0 Å². The van der Waals surface area contributed by atoms with E-state index in [0.717, 1.165) is 25.7 Å². The number of amides is 2. The van der Waals surface area contributed by atoms with E-state index >= 15 is 0 Å². The lowest BCUT2D eigenvalue weighted by Gasteiger charge is -2.33. The summed E-state index contributed by atoms with van der Waals surface area (Å²) in [6.07, 6.45) is 4.89. The predicted octanol–water partition coefficient (Wildman–Crippen LogP) is 0.278. The molecule has 4 N–H and O–H groups in total. The Kier molecular flexibility index (Phi) is 5.79. The Morgan fingerprint density at radius 2 is 1.85 bits per heavy atom. The molecule has 0 unspecified atom stereocenters. The normalized spacial score (nSPS) is 19.0. The summed E-state index contributed by atoms with van der Waals surface area (Å²) in [7, 11) is 3.08. The minimum atomic E-state index is -0.978. The molecule has 0 saturated heterocycles. The summed E-state index contributed by atoms with van der Waals surface area (Å²) in [6.45, 7) is -0.0320. The first kappa shape index (κ1) is 16.3. The van der Waals surface area contributed by atoms with E-state index in [9.17, 15) is 9.59 Å². The fraction of sp³-hybridized carbons (Fsp3) is 0.769. The minimum absolute atomic E-state index is 0.0320. The van der Waals surface area contributed by atoms with Gasteiger partial charge in [0.1, 0.15) is 5.41 Å². The van der Waals surface area contributed by atoms with Crippen molar-refractivity contribution >= 4 is 17.6 Å². The van der Waals surface area contributed by atoms with Gasteiger partial charge in [-0.3, -0.25) is 9.59 Å². The van der Waals surface area contributed by atoms with Crippen LogP contribution in [0.15, 0.2) is 5.16 Å². The van der Waals surface area contributed by atoms with Crippen molar-refractivity contribution in [2.45, 2.75) is 38.5 Å². The molecule has 0 aromatic heterocycles. The monoisotopic (exact) mass is 284 g/mol. The van der Waals surface area contributed by atoms with Crippen LogP contribution in [0.3, 0.4) is 0 Å². The molecule has 1 aliphatic carbocycles. The molecule has 0 atom stereocenters. The maximum absolute atomic E-state index is 12.7. The topological polar surface area (TPSA) is 108 Å². The molecule has 114 valence electrons. The molecule has 0 aromatic rings. The molecule has 0 bridgehead atoms. The molecule has 0 aromatic carbocycles. The van der Waals surface area contributed by atoms with E-state index < -0.39 is 5.41 Å². The average Bonchev–Trinajstić information content (AvgIpc) is 2.71. The maximum Gasteiger partial charge on any atom is 0.239 e. The van der Waals surface area contributed by atoms with Crippen molar-refractivity contribution in [3.8, 4) is 0 Å². The van der Waals surface area contributed by atoms with Crippen molar-refractivity contribution in [3.05, 3.63) is 0 Å². The van der Waals surface area contributed by atoms with Crippen LogP contribution in [0.5, 0.6) is 0 Å². The first-order valence-electron chi connectivity index (χ1n) is 6.92. The molecule has 0 aliphatic heterocycles. The summed E-state index contributed by atoms with van der Waals surface area (Å²) in [6, 6.07) is 0. The number of nitrogens with one attached hydrogen (secondary N) is 1. The molecule has 0 heterocycles. The highest BCUT2D eigenvalue weighted by Crippen LogP contribution is 2.37. The summed E-state index contributed by atoms with van der Waals surface area (Å²) in [4.78, 5) is 25.5. The zero-order chi connectivity index (χ0) is 15.2. The van der Waals surface area contributed by atoms with E-state index in [2.05, 4.69) is 10.5 Å². The third-order valence-corrected chi connectivity index (χ3v) is 3.97. The second kappa shape index (κ2) is 7.12. The van der Waals surface area contributed by atoms with Gasteiger partial charge in [-0.25, -0.2) is 0 Å². The van der Waals surface area contributed by atoms with E-state index in [-0.39, 0.29) is 24.2 Å². The van der Waals surface area contributed by atoms with E-state index in [1.54, 1.807) is 7.05 Å². The smallest absolute Gasteiger partial charge is 0.239 e. The third-order valence-electron chi connectivity index (χ3n) is 3.97. The molecule has 2 amide bonds. The van der Waals surface area contributed by atoms with E-state index in [0.29, 0.717) is 12.8 Å². The predicted molar refractivity (Wildman–Crippen MR) is 75.2 cm³/mol. The van der Waals surface area contributed by atoms with Crippen LogP contribution < -0.4 is 11.1 Å². The first-order valence-corrected chi connectivity index (χ1v) is 6.92. The van der Waals surface area contributed by atoms with Crippen molar-refractivity contribution in [3.63, 3.8) is 0 Å². The van der Waals surface area contributed by atoms with E-state index in [4.69, 9.17) is 10.9 Å². The molecule has 0 radical (unpaired) electrons. The lowest BCUT2D eigenvalue weighted by atomic mass is 9.77. The number of amidine groups is 1. The SMILES string of the molecule is CNC(=O)CN(C)C(=O)C1(C(N)=NO)CCCCCC1. The fourth-order valence-corrected chi connectivity index (χ4v) is 2.74. The summed E-state index contributed by atoms with van der Waals surface area (Å²) < 4.78 is 0. The van der Waals surface area contributed by atoms with Gasteiger partial charge in [0, 0.05) is 14.1 Å². The van der Waals surface area contributed by atoms with Crippen LogP contribution >= 0.6 is 0 Å². The molecule has 20 heavy (non-hydrogen) atoms. The van der Waals surface area contributed by atoms with Crippen LogP contribution in [0.4, 0.5) is 0 Å². The molecule has 1 aliphatic rings. The Hall–Kier alpha value is -1.79. The van der Waals surface area contributed by atoms with Gasteiger partial charge in [-0.2, -0.15) is 0 Å². The number of nitrogens with two attached hydrogens (primary N) is 1. The second-order valence-electron chi connectivity index (χ2n) is 5.32. The number of oxime groups is 1. The second-order valence-corrected chi connectivity index (χ2v) is 5.32. The highest BCUT2D eigenvalue weighted by atomic mass is 16.4. The van der Waals surface area contributed by atoms with Crippen LogP contribution in [-0.4, -0.2) is 48.4 Å². The number of hydrogen-bond acceptors (Lipinski definition) is 4. The molecule has 1 saturated carbocycles. The molecule has 7 heteroatoms. The van der Waals surface area contributed by atoms with Gasteiger partial charge in [0.05, 0.1) is 6.54 Å². The summed E-state index contributed by atoms with van der Waals surface area (Å²) >= 11 is 0. The summed E-state index contributed by atoms with van der Waals surface area (Å²) in [5, 5.41) is 14.6. The number of rotatable bonds is 4. The van der Waals surface area contributed by atoms with Gasteiger partial charge in [0.25, 0.3) is 0 Å². The van der Waals surface area contributed by atoms with Gasteiger partial charge in [-0.05, 0) is 12.8 Å². The number of carbonyl (C=O) groups excluding carboxylic acids is 2. The lowest BCUT2D eigenvalue weighted by molar-refractivity contribution is -0.140. The largest absolute Gasteiger partial charge is 0.409 e. The van der Waals surface area contributed by atoms with Crippen LogP contribution in [-0.2, 0) is 9.59 Å². The Morgan fingerprint density at radius 3 is 2.30 bits per heavy atom. The van der Waals surface area contributed by atoms with Gasteiger partial charge in [-0.1, -0.05) is 30.8 Å². The molecular formula is C13H24N4O3. The Morgan fingerprint density at radius 1 is 1.30 bits per heavy atom. The molecule has 1 rings (SSSR count). The number of carbonyl (C=O) groups is 2. The molecule has 7 nitrogen and oxygen atoms in total. The average molecular weight is 284 g/mol. The molecule has 0 spiro atoms. The fourth-order valence-electron chi connectivity index (χ4n) is 2.74. The Bertz CT molecular complexity index is 387. The first-order chi connectivity index (χ1) is 9.47. The zero-order valence-electron chi connectivity index (χ0n) is 12.2. The van der Waals surface area contributed by atoms with Crippen LogP contribution in [0.25, 0.3) is 0 Å². The number of hydrogen-bond donors (Lipinski definition) is 3. The quantitative estimate of drug-likeness (QED) is 0.226. The van der Waals surface area contributed by atoms with Gasteiger partial charge in [0.2, 0.25) is 11.8 Å². The Labute approximate surface area is 119 Å². The van der Waals surface area contributed by atoms with Crippen molar-refractivity contribution in [2.75, 3.05) is 20.6 Å². The van der Waals surface area contributed by atoms with Gasteiger partial charge in [0.15, 0.2) is 5.84 Å². The summed E-state index contributed by atoms with van der Waals surface area (Å²) in [5.41, 5.74) is 4.83. The number of likely N-dealkylation sites (N-methyl/N-ethyl adjacent to an activating group) is 2. The lowest BCUT2D eigenvalue weighted by Crippen LogP contribution is -2.52. The van der Waals surface area contributed by atoms with Gasteiger partial charge >= 0.3 is 0 Å². The zero-order valence-corrected chi connectivity index (χ0v) is 12.2.